The fourth-order valence-electron chi connectivity index (χ4n) is 4.26. The summed E-state index contributed by atoms with van der Waals surface area (Å²) in [6.45, 7) is 3.70. The van der Waals surface area contributed by atoms with E-state index in [1.54, 1.807) is 36.5 Å². The van der Waals surface area contributed by atoms with Crippen LogP contribution in [0.3, 0.4) is 0 Å². The number of ketones is 1. The van der Waals surface area contributed by atoms with Crippen molar-refractivity contribution < 1.29 is 14.3 Å². The van der Waals surface area contributed by atoms with Gasteiger partial charge in [0.05, 0.1) is 11.6 Å². The number of aryl methyl sites for hydroxylation is 1. The van der Waals surface area contributed by atoms with Crippen LogP contribution in [0.15, 0.2) is 65.6 Å². The lowest BCUT2D eigenvalue weighted by molar-refractivity contribution is -0.119. The monoisotopic (exact) mass is 458 g/mol. The fourth-order valence-corrected chi connectivity index (χ4v) is 4.26. The number of aromatic nitrogens is 2. The molecule has 0 saturated carbocycles. The Morgan fingerprint density at radius 1 is 1.09 bits per heavy atom. The summed E-state index contributed by atoms with van der Waals surface area (Å²) in [5.74, 6) is -0.374. The molecular formula is C28H27FN2O3. The molecule has 0 fully saturated rings. The second kappa shape index (κ2) is 10.1. The highest BCUT2D eigenvalue weighted by atomic mass is 19.1. The standard InChI is InChI=1S/C28H27FN2O3/c1-3-19(32)11-12-20(33)15-18-10-13-26-24(27(18)22-8-6-14-30-28(22)34)16-23(17(2)31-26)21-7-4-5-9-25(21)29/h4-10,13-14,16,19,32H,3,11-12,15H2,1-2H3,(H,30,34)/t19-/m1/s1. The molecule has 174 valence electrons. The van der Waals surface area contributed by atoms with Crippen LogP contribution in [0.1, 0.15) is 37.4 Å². The molecule has 0 aliphatic rings. The highest BCUT2D eigenvalue weighted by molar-refractivity contribution is 6.00. The molecular weight excluding hydrogens is 431 g/mol. The number of aliphatic hydroxyl groups excluding tert-OH is 1. The van der Waals surface area contributed by atoms with E-state index in [9.17, 15) is 19.1 Å². The molecule has 0 bridgehead atoms. The van der Waals surface area contributed by atoms with Gasteiger partial charge in [-0.3, -0.25) is 14.6 Å². The summed E-state index contributed by atoms with van der Waals surface area (Å²) >= 11 is 0. The van der Waals surface area contributed by atoms with Crippen LogP contribution in [0.2, 0.25) is 0 Å². The second-order valence-electron chi connectivity index (χ2n) is 8.50. The molecule has 2 heterocycles. The van der Waals surface area contributed by atoms with Gasteiger partial charge < -0.3 is 10.1 Å². The minimum absolute atomic E-state index is 0.0187. The number of aliphatic hydroxyl groups is 1. The Hall–Kier alpha value is -3.64. The molecule has 4 rings (SSSR count). The van der Waals surface area contributed by atoms with E-state index in [0.29, 0.717) is 57.3 Å². The van der Waals surface area contributed by atoms with Crippen LogP contribution in [0.4, 0.5) is 4.39 Å². The number of carbonyl (C=O) groups is 1. The molecule has 0 saturated heterocycles. The van der Waals surface area contributed by atoms with Crippen LogP contribution in [0.5, 0.6) is 0 Å². The van der Waals surface area contributed by atoms with Gasteiger partial charge in [0.15, 0.2) is 0 Å². The van der Waals surface area contributed by atoms with Gasteiger partial charge in [-0.05, 0) is 55.7 Å². The number of rotatable bonds is 8. The molecule has 0 spiro atoms. The number of hydrogen-bond donors (Lipinski definition) is 2. The summed E-state index contributed by atoms with van der Waals surface area (Å²) in [5, 5.41) is 10.5. The van der Waals surface area contributed by atoms with E-state index in [0.717, 1.165) is 0 Å². The van der Waals surface area contributed by atoms with Crippen molar-refractivity contribution in [3.8, 4) is 22.3 Å². The number of benzene rings is 2. The van der Waals surface area contributed by atoms with Crippen molar-refractivity contribution in [3.63, 3.8) is 0 Å². The highest BCUT2D eigenvalue weighted by Gasteiger charge is 2.19. The average molecular weight is 459 g/mol. The summed E-state index contributed by atoms with van der Waals surface area (Å²) in [7, 11) is 0. The van der Waals surface area contributed by atoms with Crippen LogP contribution in [-0.4, -0.2) is 27.0 Å². The topological polar surface area (TPSA) is 83.0 Å². The first-order valence-electron chi connectivity index (χ1n) is 11.4. The number of hydrogen-bond acceptors (Lipinski definition) is 4. The minimum atomic E-state index is -0.507. The van der Waals surface area contributed by atoms with E-state index in [2.05, 4.69) is 4.98 Å². The molecule has 0 radical (unpaired) electrons. The van der Waals surface area contributed by atoms with Crippen molar-refractivity contribution in [3.05, 3.63) is 88.2 Å². The Bertz CT molecular complexity index is 1410. The third kappa shape index (κ3) is 4.82. The van der Waals surface area contributed by atoms with Gasteiger partial charge in [0, 0.05) is 52.4 Å². The Morgan fingerprint density at radius 3 is 2.59 bits per heavy atom. The van der Waals surface area contributed by atoms with Crippen LogP contribution in [0.25, 0.3) is 33.2 Å². The molecule has 4 aromatic rings. The largest absolute Gasteiger partial charge is 0.393 e. The number of nitrogens with zero attached hydrogens (tertiary/aromatic N) is 1. The van der Waals surface area contributed by atoms with Crippen LogP contribution in [-0.2, 0) is 11.2 Å². The lowest BCUT2D eigenvalue weighted by atomic mass is 9.90. The zero-order valence-corrected chi connectivity index (χ0v) is 19.3. The Balaban J connectivity index is 1.90. The number of aromatic amines is 1. The average Bonchev–Trinajstić information content (AvgIpc) is 2.83. The highest BCUT2D eigenvalue weighted by Crippen LogP contribution is 2.35. The molecule has 5 nitrogen and oxygen atoms in total. The first-order valence-corrected chi connectivity index (χ1v) is 11.4. The van der Waals surface area contributed by atoms with Gasteiger partial charge in [-0.2, -0.15) is 0 Å². The molecule has 0 unspecified atom stereocenters. The maximum atomic E-state index is 14.6. The molecule has 0 aliphatic heterocycles. The number of pyridine rings is 2. The SMILES string of the molecule is CC[C@@H](O)CCC(=O)Cc1ccc2nc(C)c(-c3ccccc3F)cc2c1-c1ccc[nH]c1=O. The molecule has 2 aromatic heterocycles. The van der Waals surface area contributed by atoms with Gasteiger partial charge in [-0.25, -0.2) is 4.39 Å². The lowest BCUT2D eigenvalue weighted by Crippen LogP contribution is -2.13. The lowest BCUT2D eigenvalue weighted by Gasteiger charge is -2.15. The summed E-state index contributed by atoms with van der Waals surface area (Å²) in [6, 6.07) is 15.5. The zero-order valence-electron chi connectivity index (χ0n) is 19.3. The van der Waals surface area contributed by atoms with Crippen molar-refractivity contribution >= 4 is 16.7 Å². The van der Waals surface area contributed by atoms with Crippen molar-refractivity contribution in [1.29, 1.82) is 0 Å². The van der Waals surface area contributed by atoms with Gasteiger partial charge in [0.25, 0.3) is 5.56 Å². The maximum absolute atomic E-state index is 14.6. The predicted octanol–water partition coefficient (Wildman–Crippen LogP) is 5.37. The first kappa shape index (κ1) is 23.5. The van der Waals surface area contributed by atoms with Crippen LogP contribution < -0.4 is 5.56 Å². The van der Waals surface area contributed by atoms with E-state index in [4.69, 9.17) is 4.98 Å². The molecule has 0 amide bonds. The number of fused-ring (bicyclic) bond motifs is 1. The first-order chi connectivity index (χ1) is 16.4. The Kier molecular flexibility index (Phi) is 6.98. The van der Waals surface area contributed by atoms with Crippen molar-refractivity contribution in [2.75, 3.05) is 0 Å². The van der Waals surface area contributed by atoms with Gasteiger partial charge in [-0.1, -0.05) is 31.2 Å². The molecule has 2 aromatic carbocycles. The normalized spacial score (nSPS) is 12.1. The van der Waals surface area contributed by atoms with Gasteiger partial charge in [-0.15, -0.1) is 0 Å². The van der Waals surface area contributed by atoms with E-state index in [1.165, 1.54) is 6.07 Å². The molecule has 0 aliphatic carbocycles. The number of carbonyl (C=O) groups excluding carboxylic acids is 1. The molecule has 34 heavy (non-hydrogen) atoms. The quantitative estimate of drug-likeness (QED) is 0.372. The maximum Gasteiger partial charge on any atom is 0.255 e. The zero-order chi connectivity index (χ0) is 24.2. The van der Waals surface area contributed by atoms with E-state index in [1.807, 2.05) is 32.0 Å². The fraction of sp³-hybridized carbons (Fsp3) is 0.250. The van der Waals surface area contributed by atoms with Gasteiger partial charge in [0.2, 0.25) is 0 Å². The second-order valence-corrected chi connectivity index (χ2v) is 8.50. The smallest absolute Gasteiger partial charge is 0.255 e. The van der Waals surface area contributed by atoms with E-state index < -0.39 is 6.10 Å². The summed E-state index contributed by atoms with van der Waals surface area (Å²) in [6.07, 6.45) is 2.43. The summed E-state index contributed by atoms with van der Waals surface area (Å²) in [4.78, 5) is 32.9. The predicted molar refractivity (Wildman–Crippen MR) is 132 cm³/mol. The minimum Gasteiger partial charge on any atom is -0.393 e. The van der Waals surface area contributed by atoms with E-state index >= 15 is 0 Å². The number of halogens is 1. The third-order valence-corrected chi connectivity index (χ3v) is 6.14. The molecule has 2 N–H and O–H groups in total. The number of H-pyrrole nitrogens is 1. The third-order valence-electron chi connectivity index (χ3n) is 6.14. The van der Waals surface area contributed by atoms with Gasteiger partial charge >= 0.3 is 0 Å². The van der Waals surface area contributed by atoms with Gasteiger partial charge in [0.1, 0.15) is 11.6 Å². The molecule has 1 atom stereocenters. The van der Waals surface area contributed by atoms with Crippen molar-refractivity contribution in [2.45, 2.75) is 45.6 Å². The van der Waals surface area contributed by atoms with Crippen LogP contribution in [0, 0.1) is 12.7 Å². The van der Waals surface area contributed by atoms with Crippen LogP contribution >= 0.6 is 0 Å². The van der Waals surface area contributed by atoms with Crippen molar-refractivity contribution in [1.82, 2.24) is 9.97 Å². The number of Topliss-reactive ketones (excluding diaryl/α,β-unsaturated/α-hetero) is 1. The molecule has 6 heteroatoms. The summed E-state index contributed by atoms with van der Waals surface area (Å²) in [5.41, 5.74) is 3.86. The van der Waals surface area contributed by atoms with Crippen molar-refractivity contribution in [2.24, 2.45) is 0 Å². The van der Waals surface area contributed by atoms with E-state index in [-0.39, 0.29) is 30.0 Å². The number of nitrogens with one attached hydrogen (secondary N) is 1. The Labute approximate surface area is 197 Å². The Morgan fingerprint density at radius 2 is 1.85 bits per heavy atom. The summed E-state index contributed by atoms with van der Waals surface area (Å²) < 4.78 is 14.6.